The fourth-order valence-corrected chi connectivity index (χ4v) is 4.41. The molecule has 13 heavy (non-hydrogen) atoms. The molecule has 3 fully saturated rings. The second kappa shape index (κ2) is 3.29. The summed E-state index contributed by atoms with van der Waals surface area (Å²) in [6.07, 6.45) is 4.60. The summed E-state index contributed by atoms with van der Waals surface area (Å²) in [6, 6.07) is 0. The molecule has 0 amide bonds. The van der Waals surface area contributed by atoms with E-state index in [1.165, 1.54) is 30.1 Å². The van der Waals surface area contributed by atoms with Crippen molar-refractivity contribution in [2.45, 2.75) is 47.0 Å². The predicted octanol–water partition coefficient (Wildman–Crippen LogP) is 3.96. The van der Waals surface area contributed by atoms with E-state index in [-0.39, 0.29) is 0 Å². The highest BCUT2D eigenvalue weighted by atomic mass is 14.7. The number of hydrogen-bond acceptors (Lipinski definition) is 0. The molecule has 3 aliphatic rings. The molecule has 0 radical (unpaired) electrons. The zero-order chi connectivity index (χ0) is 9.59. The normalized spacial score (nSPS) is 55.4. The van der Waals surface area contributed by atoms with E-state index in [4.69, 9.17) is 0 Å². The molecule has 6 atom stereocenters. The monoisotopic (exact) mass is 180 g/mol. The van der Waals surface area contributed by atoms with Gasteiger partial charge in [0.1, 0.15) is 0 Å². The lowest BCUT2D eigenvalue weighted by atomic mass is 9.32. The molecule has 6 unspecified atom stereocenters. The van der Waals surface area contributed by atoms with E-state index in [0.29, 0.717) is 0 Å². The summed E-state index contributed by atoms with van der Waals surface area (Å²) >= 11 is 0. The van der Waals surface area contributed by atoms with Crippen molar-refractivity contribution in [2.75, 3.05) is 0 Å². The maximum atomic E-state index is 2.49. The summed E-state index contributed by atoms with van der Waals surface area (Å²) in [5.41, 5.74) is 0. The van der Waals surface area contributed by atoms with Crippen LogP contribution in [-0.4, -0.2) is 0 Å². The minimum Gasteiger partial charge on any atom is -0.0683 e. The van der Waals surface area contributed by atoms with Crippen LogP contribution in [-0.2, 0) is 0 Å². The first-order valence-corrected chi connectivity index (χ1v) is 6.34. The Hall–Kier alpha value is 0. The van der Waals surface area contributed by atoms with Crippen molar-refractivity contribution in [1.82, 2.24) is 0 Å². The summed E-state index contributed by atoms with van der Waals surface area (Å²) in [5, 5.41) is 0. The molecule has 0 N–H and O–H groups in total. The van der Waals surface area contributed by atoms with Crippen molar-refractivity contribution >= 4 is 0 Å². The van der Waals surface area contributed by atoms with Gasteiger partial charge in [-0.1, -0.05) is 34.1 Å². The van der Waals surface area contributed by atoms with Gasteiger partial charge in [-0.2, -0.15) is 0 Å². The van der Waals surface area contributed by atoms with Gasteiger partial charge in [-0.15, -0.1) is 0 Å². The molecule has 3 rings (SSSR count). The van der Waals surface area contributed by atoms with Gasteiger partial charge in [0.15, 0.2) is 0 Å². The van der Waals surface area contributed by atoms with Gasteiger partial charge < -0.3 is 0 Å². The van der Waals surface area contributed by atoms with E-state index in [1.54, 1.807) is 12.8 Å². The van der Waals surface area contributed by atoms with Crippen LogP contribution < -0.4 is 0 Å². The fraction of sp³-hybridized carbons (Fsp3) is 1.00. The summed E-state index contributed by atoms with van der Waals surface area (Å²) in [4.78, 5) is 0. The molecule has 0 spiro atoms. The highest BCUT2D eigenvalue weighted by Gasteiger charge is 2.66. The van der Waals surface area contributed by atoms with Crippen LogP contribution in [0.2, 0.25) is 0 Å². The van der Waals surface area contributed by atoms with Crippen LogP contribution in [0.1, 0.15) is 47.0 Å². The summed E-state index contributed by atoms with van der Waals surface area (Å²) < 4.78 is 0. The fourth-order valence-electron chi connectivity index (χ4n) is 4.41. The van der Waals surface area contributed by atoms with E-state index in [9.17, 15) is 0 Å². The SMILES string of the molecule is CC.CCC1C(C)C2C3CCC3C12. The lowest BCUT2D eigenvalue weighted by Crippen LogP contribution is -2.67. The minimum atomic E-state index is 1.09. The van der Waals surface area contributed by atoms with Crippen LogP contribution in [0.4, 0.5) is 0 Å². The topological polar surface area (TPSA) is 0 Å². The van der Waals surface area contributed by atoms with Crippen molar-refractivity contribution in [3.05, 3.63) is 0 Å². The van der Waals surface area contributed by atoms with Gasteiger partial charge in [0.25, 0.3) is 0 Å². The molecule has 0 aliphatic heterocycles. The van der Waals surface area contributed by atoms with Crippen LogP contribution >= 0.6 is 0 Å². The second-order valence-electron chi connectivity index (χ2n) is 4.99. The van der Waals surface area contributed by atoms with Gasteiger partial charge in [-0.3, -0.25) is 0 Å². The maximum absolute atomic E-state index is 2.49. The third kappa shape index (κ3) is 0.980. The largest absolute Gasteiger partial charge is 0.0683 e. The van der Waals surface area contributed by atoms with E-state index in [0.717, 1.165) is 11.8 Å². The van der Waals surface area contributed by atoms with E-state index >= 15 is 0 Å². The molecule has 0 aromatic carbocycles. The standard InChI is InChI=1S/C11H18.C2H6/c1-3-7-6(2)10-8-4-5-9(8)11(7)10;1-2/h6-11H,3-5H2,1-2H3;1-2H3. The number of fused-ring (bicyclic) bond motifs is 4. The molecule has 0 aromatic heterocycles. The van der Waals surface area contributed by atoms with Crippen molar-refractivity contribution < 1.29 is 0 Å². The van der Waals surface area contributed by atoms with E-state index in [1.807, 2.05) is 13.8 Å². The molecule has 76 valence electrons. The van der Waals surface area contributed by atoms with Gasteiger partial charge in [0, 0.05) is 0 Å². The Labute approximate surface area is 83.1 Å². The van der Waals surface area contributed by atoms with Gasteiger partial charge in [0.2, 0.25) is 0 Å². The molecular weight excluding hydrogens is 156 g/mol. The molecule has 0 bridgehead atoms. The van der Waals surface area contributed by atoms with Crippen molar-refractivity contribution in [3.63, 3.8) is 0 Å². The van der Waals surface area contributed by atoms with Crippen LogP contribution in [0.3, 0.4) is 0 Å². The summed E-state index contributed by atoms with van der Waals surface area (Å²) in [6.45, 7) is 8.87. The smallest absolute Gasteiger partial charge is 0.0318 e. The zero-order valence-electron chi connectivity index (χ0n) is 9.59. The Kier molecular flexibility index (Phi) is 2.42. The van der Waals surface area contributed by atoms with Crippen LogP contribution in [0.5, 0.6) is 0 Å². The predicted molar refractivity (Wildman–Crippen MR) is 57.5 cm³/mol. The quantitative estimate of drug-likeness (QED) is 0.573. The van der Waals surface area contributed by atoms with E-state index in [2.05, 4.69) is 13.8 Å². The first-order chi connectivity index (χ1) is 6.34. The van der Waals surface area contributed by atoms with Crippen molar-refractivity contribution in [2.24, 2.45) is 35.5 Å². The Morgan fingerprint density at radius 2 is 1.54 bits per heavy atom. The second-order valence-corrected chi connectivity index (χ2v) is 4.99. The number of hydrogen-bond donors (Lipinski definition) is 0. The zero-order valence-corrected chi connectivity index (χ0v) is 9.59. The molecule has 0 aromatic rings. The first-order valence-electron chi connectivity index (χ1n) is 6.34. The summed E-state index contributed by atoms with van der Waals surface area (Å²) in [5.74, 6) is 7.03. The van der Waals surface area contributed by atoms with Gasteiger partial charge in [-0.05, 0) is 48.3 Å². The number of rotatable bonds is 1. The Bertz CT molecular complexity index is 178. The lowest BCUT2D eigenvalue weighted by Gasteiger charge is -2.72. The van der Waals surface area contributed by atoms with Crippen molar-refractivity contribution in [1.29, 1.82) is 0 Å². The van der Waals surface area contributed by atoms with Crippen LogP contribution in [0.15, 0.2) is 0 Å². The molecule has 0 nitrogen and oxygen atoms in total. The highest BCUT2D eigenvalue weighted by Crippen LogP contribution is 2.72. The average molecular weight is 180 g/mol. The van der Waals surface area contributed by atoms with Crippen molar-refractivity contribution in [3.8, 4) is 0 Å². The maximum Gasteiger partial charge on any atom is -0.0318 e. The minimum absolute atomic E-state index is 1.09. The molecule has 0 heterocycles. The highest BCUT2D eigenvalue weighted by molar-refractivity contribution is 5.14. The van der Waals surface area contributed by atoms with Gasteiger partial charge in [0.05, 0.1) is 0 Å². The first kappa shape index (κ1) is 9.55. The third-order valence-electron chi connectivity index (χ3n) is 5.06. The Morgan fingerprint density at radius 3 is 2.00 bits per heavy atom. The van der Waals surface area contributed by atoms with Crippen LogP contribution in [0.25, 0.3) is 0 Å². The average Bonchev–Trinajstić information content (AvgIpc) is 2.15. The van der Waals surface area contributed by atoms with Gasteiger partial charge >= 0.3 is 0 Å². The van der Waals surface area contributed by atoms with E-state index < -0.39 is 0 Å². The lowest BCUT2D eigenvalue weighted by molar-refractivity contribution is -0.245. The van der Waals surface area contributed by atoms with Gasteiger partial charge in [-0.25, -0.2) is 0 Å². The molecule has 0 heteroatoms. The Morgan fingerprint density at radius 1 is 1.00 bits per heavy atom. The molecule has 0 saturated heterocycles. The summed E-state index contributed by atoms with van der Waals surface area (Å²) in [7, 11) is 0. The van der Waals surface area contributed by atoms with Crippen LogP contribution in [0, 0.1) is 35.5 Å². The molecule has 3 aliphatic carbocycles. The molecule has 3 saturated carbocycles. The Balaban J connectivity index is 0.000000308. The third-order valence-corrected chi connectivity index (χ3v) is 5.06. The molecular formula is C13H24.